The van der Waals surface area contributed by atoms with Gasteiger partial charge in [0.05, 0.1) is 88.6 Å². The van der Waals surface area contributed by atoms with Gasteiger partial charge in [-0.25, -0.2) is 5.01 Å². The normalized spacial score (nSPS) is 16.5. The molecule has 20 nitrogen and oxygen atoms in total. The van der Waals surface area contributed by atoms with Crippen molar-refractivity contribution < 1.29 is 47.7 Å². The van der Waals surface area contributed by atoms with Gasteiger partial charge in [-0.2, -0.15) is 0 Å². The number of amides is 5. The lowest BCUT2D eigenvalue weighted by molar-refractivity contribution is -0.135. The van der Waals surface area contributed by atoms with E-state index in [0.717, 1.165) is 31.5 Å². The van der Waals surface area contributed by atoms with Crippen LogP contribution in [0.2, 0.25) is 5.02 Å². The van der Waals surface area contributed by atoms with Crippen LogP contribution in [0.15, 0.2) is 47.5 Å². The molecule has 0 spiro atoms. The fourth-order valence-electron chi connectivity index (χ4n) is 7.99. The van der Waals surface area contributed by atoms with Crippen LogP contribution >= 0.6 is 22.9 Å². The van der Waals surface area contributed by atoms with E-state index in [-0.39, 0.29) is 66.9 Å². The van der Waals surface area contributed by atoms with E-state index in [2.05, 4.69) is 10.7 Å². The maximum Gasteiger partial charge on any atom is 0.264 e. The van der Waals surface area contributed by atoms with E-state index in [1.165, 1.54) is 17.4 Å². The van der Waals surface area contributed by atoms with Crippen LogP contribution in [-0.2, 0) is 38.1 Å². The Hall–Kier alpha value is -5.94. The Morgan fingerprint density at radius 1 is 0.899 bits per heavy atom. The molecule has 0 aliphatic carbocycles. The molecule has 0 saturated carbocycles. The molecule has 0 radical (unpaired) electrons. The number of hydrogen-bond acceptors (Lipinski definition) is 16. The van der Waals surface area contributed by atoms with Gasteiger partial charge < -0.3 is 39.7 Å². The number of thiophene rings is 1. The maximum atomic E-state index is 13.5. The third kappa shape index (κ3) is 13.4. The average molecular weight is 992 g/mol. The van der Waals surface area contributed by atoms with Gasteiger partial charge in [-0.1, -0.05) is 29.8 Å². The number of primary amides is 1. The Morgan fingerprint density at radius 3 is 2.16 bits per heavy atom. The molecular weight excluding hydrogens is 932 g/mol. The van der Waals surface area contributed by atoms with Crippen molar-refractivity contribution in [3.8, 4) is 0 Å². The average Bonchev–Trinajstić information content (AvgIpc) is 3.71. The molecule has 370 valence electrons. The Kier molecular flexibility index (Phi) is 19.1. The number of hydrazine groups is 1. The molecular formula is C47H59ClN10O10S. The van der Waals surface area contributed by atoms with Crippen LogP contribution in [0.5, 0.6) is 0 Å². The highest BCUT2D eigenvalue weighted by Crippen LogP contribution is 2.40. The van der Waals surface area contributed by atoms with Crippen molar-refractivity contribution in [2.24, 2.45) is 10.7 Å². The highest BCUT2D eigenvalue weighted by molar-refractivity contribution is 7.17. The Morgan fingerprint density at radius 2 is 1.54 bits per heavy atom. The summed E-state index contributed by atoms with van der Waals surface area (Å²) >= 11 is 7.70. The second kappa shape index (κ2) is 25.1. The third-order valence-corrected chi connectivity index (χ3v) is 13.1. The van der Waals surface area contributed by atoms with Gasteiger partial charge in [0, 0.05) is 65.9 Å². The number of carbonyl (C=O) groups excluding carboxylic acids is 6. The number of aliphatic imine (C=N–C) groups is 1. The molecule has 6 N–H and O–H groups in total. The molecule has 4 heterocycles. The van der Waals surface area contributed by atoms with Crippen molar-refractivity contribution in [2.75, 3.05) is 95.8 Å². The maximum absolute atomic E-state index is 13.5. The molecule has 1 aromatic heterocycles. The Bertz CT molecular complexity index is 2420. The summed E-state index contributed by atoms with van der Waals surface area (Å²) in [5.74, 6) is -2.02. The minimum atomic E-state index is -1.09. The molecule has 0 bridgehead atoms. The molecule has 3 aliphatic rings. The van der Waals surface area contributed by atoms with Crippen LogP contribution < -0.4 is 21.4 Å². The van der Waals surface area contributed by atoms with Crippen LogP contribution in [0, 0.1) is 24.7 Å². The summed E-state index contributed by atoms with van der Waals surface area (Å²) in [6.07, 6.45) is 0.388. The summed E-state index contributed by atoms with van der Waals surface area (Å²) in [5, 5.41) is 23.9. The van der Waals surface area contributed by atoms with Gasteiger partial charge in [-0.05, 0) is 57.0 Å². The number of anilines is 2. The standard InChI is InChI=1S/C47H59ClN10O10S/c1-29-30(2)69-47-41(29)43(32-7-9-33(48)10-8-32)53-37(44(51)57(47)31(3)49)27-39(61)54-56-17-15-55(16-18-56)40(62)13-19-65-21-23-67-25-26-68-24-22-66-20-14-52-36-6-4-5-35-42(36)46(64)58(45(35)63)34(28-59)11-12-38(50)60/h4-10,28,34,37,49,51-52H,11-27H2,1-3H3,(H2,50,60)(H,54,61)/t34?,37-/m0/s1. The van der Waals surface area contributed by atoms with Crippen LogP contribution in [-0.4, -0.2) is 166 Å². The number of hydrogen-bond donors (Lipinski definition) is 5. The second-order valence-electron chi connectivity index (χ2n) is 16.4. The predicted octanol–water partition coefficient (Wildman–Crippen LogP) is 3.58. The number of benzene rings is 2. The zero-order chi connectivity index (χ0) is 49.6. The van der Waals surface area contributed by atoms with Gasteiger partial charge >= 0.3 is 0 Å². The number of rotatable bonds is 25. The van der Waals surface area contributed by atoms with Crippen LogP contribution in [0.1, 0.15) is 74.9 Å². The van der Waals surface area contributed by atoms with Crippen molar-refractivity contribution in [3.63, 3.8) is 0 Å². The van der Waals surface area contributed by atoms with Crippen molar-refractivity contribution >= 4 is 86.8 Å². The quantitative estimate of drug-likeness (QED) is 0.0268. The van der Waals surface area contributed by atoms with Gasteiger partial charge in [0.15, 0.2) is 0 Å². The highest BCUT2D eigenvalue weighted by Gasteiger charge is 2.42. The number of carbonyl (C=O) groups is 6. The smallest absolute Gasteiger partial charge is 0.264 e. The lowest BCUT2D eigenvalue weighted by atomic mass is 9.99. The molecule has 2 aromatic carbocycles. The second-order valence-corrected chi connectivity index (χ2v) is 18.1. The summed E-state index contributed by atoms with van der Waals surface area (Å²) in [7, 11) is 0. The number of nitrogens with zero attached hydrogens (tertiary/aromatic N) is 5. The fourth-order valence-corrected chi connectivity index (χ4v) is 9.34. The van der Waals surface area contributed by atoms with Crippen molar-refractivity contribution in [3.05, 3.63) is 80.2 Å². The van der Waals surface area contributed by atoms with E-state index in [9.17, 15) is 28.8 Å². The van der Waals surface area contributed by atoms with E-state index >= 15 is 0 Å². The number of aldehydes is 1. The molecule has 1 fully saturated rings. The third-order valence-electron chi connectivity index (χ3n) is 11.7. The summed E-state index contributed by atoms with van der Waals surface area (Å²) in [5.41, 5.74) is 12.2. The minimum absolute atomic E-state index is 0.0442. The highest BCUT2D eigenvalue weighted by atomic mass is 35.5. The number of nitrogens with one attached hydrogen (secondary N) is 4. The van der Waals surface area contributed by atoms with E-state index in [1.807, 2.05) is 26.0 Å². The summed E-state index contributed by atoms with van der Waals surface area (Å²) in [6, 6.07) is 10.2. The number of ether oxygens (including phenoxy) is 4. The van der Waals surface area contributed by atoms with Crippen molar-refractivity contribution in [2.45, 2.75) is 58.5 Å². The predicted molar refractivity (Wildman–Crippen MR) is 261 cm³/mol. The van der Waals surface area contributed by atoms with E-state index in [1.54, 1.807) is 46.0 Å². The SMILES string of the molecule is CC(=N)N1C(=N)[C@H](CC(=O)NN2CCN(C(=O)CCOCCOCCOCCOCCNc3cccc4c3C(=O)N(C(C=O)CCC(N)=O)C4=O)CC2)N=C(c2ccc(Cl)cc2)c2c1sc(C)c2C. The zero-order valence-corrected chi connectivity index (χ0v) is 40.5. The van der Waals surface area contributed by atoms with Crippen molar-refractivity contribution in [1.29, 1.82) is 10.8 Å². The van der Waals surface area contributed by atoms with Gasteiger partial charge in [-0.3, -0.25) is 55.0 Å². The summed E-state index contributed by atoms with van der Waals surface area (Å²) in [4.78, 5) is 85.6. The number of piperazine rings is 1. The Labute approximate surface area is 409 Å². The molecule has 1 saturated heterocycles. The number of aryl methyl sites for hydroxylation is 1. The first kappa shape index (κ1) is 52.4. The summed E-state index contributed by atoms with van der Waals surface area (Å²) < 4.78 is 22.3. The van der Waals surface area contributed by atoms with Crippen LogP contribution in [0.4, 0.5) is 10.7 Å². The van der Waals surface area contributed by atoms with Gasteiger partial charge in [0.25, 0.3) is 11.8 Å². The number of fused-ring (bicyclic) bond motifs is 2. The monoisotopic (exact) mass is 990 g/mol. The largest absolute Gasteiger partial charge is 0.382 e. The molecule has 5 amide bonds. The first-order valence-corrected chi connectivity index (χ1v) is 23.9. The van der Waals surface area contributed by atoms with Gasteiger partial charge in [0.2, 0.25) is 17.7 Å². The molecule has 2 atom stereocenters. The number of nitrogens with two attached hydrogens (primary N) is 1. The van der Waals surface area contributed by atoms with E-state index in [4.69, 9.17) is 52.1 Å². The summed E-state index contributed by atoms with van der Waals surface area (Å²) in [6.45, 7) is 10.2. The topological polar surface area (TPSA) is 262 Å². The first-order chi connectivity index (χ1) is 33.2. The number of halogens is 1. The molecule has 3 aliphatic heterocycles. The Balaban J connectivity index is 0.806. The first-order valence-electron chi connectivity index (χ1n) is 22.7. The van der Waals surface area contributed by atoms with E-state index < -0.39 is 29.8 Å². The van der Waals surface area contributed by atoms with Gasteiger partial charge in [-0.15, -0.1) is 11.3 Å². The van der Waals surface area contributed by atoms with Gasteiger partial charge in [0.1, 0.15) is 29.0 Å². The molecule has 3 aromatic rings. The van der Waals surface area contributed by atoms with Crippen LogP contribution in [0.3, 0.4) is 0 Å². The molecule has 22 heteroatoms. The number of imide groups is 1. The molecule has 6 rings (SSSR count). The van der Waals surface area contributed by atoms with E-state index in [0.29, 0.717) is 102 Å². The minimum Gasteiger partial charge on any atom is -0.382 e. The molecule has 1 unspecified atom stereocenters. The number of amidine groups is 2. The fraction of sp³-hybridized carbons (Fsp3) is 0.468. The zero-order valence-electron chi connectivity index (χ0n) is 39.0. The molecule has 69 heavy (non-hydrogen) atoms. The lowest BCUT2D eigenvalue weighted by Crippen LogP contribution is -2.55. The van der Waals surface area contributed by atoms with Crippen LogP contribution in [0.25, 0.3) is 0 Å². The lowest BCUT2D eigenvalue weighted by Gasteiger charge is -2.35. The van der Waals surface area contributed by atoms with Crippen molar-refractivity contribution in [1.82, 2.24) is 20.2 Å².